The van der Waals surface area contributed by atoms with E-state index in [1.54, 1.807) is 4.90 Å². The first kappa shape index (κ1) is 11.3. The first-order valence-electron chi connectivity index (χ1n) is 5.00. The lowest BCUT2D eigenvalue weighted by Gasteiger charge is -2.37. The fourth-order valence-electron chi connectivity index (χ4n) is 1.45. The summed E-state index contributed by atoms with van der Waals surface area (Å²) in [6.07, 6.45) is -0.301. The number of amides is 1. The van der Waals surface area contributed by atoms with Crippen molar-refractivity contribution in [3.8, 4) is 0 Å². The Balaban J connectivity index is 2.48. The molecule has 0 aromatic heterocycles. The van der Waals surface area contributed by atoms with Crippen molar-refractivity contribution < 1.29 is 14.3 Å². The molecule has 1 rings (SSSR count). The average molecular weight is 201 g/mol. The number of hydrogen-bond acceptors (Lipinski definition) is 3. The molecule has 0 aliphatic carbocycles. The van der Waals surface area contributed by atoms with Crippen molar-refractivity contribution >= 4 is 6.09 Å². The Morgan fingerprint density at radius 1 is 1.50 bits per heavy atom. The normalized spacial score (nSPS) is 21.1. The molecule has 0 atom stereocenters. The van der Waals surface area contributed by atoms with E-state index in [1.165, 1.54) is 0 Å². The molecule has 0 aromatic rings. The maximum Gasteiger partial charge on any atom is 0.410 e. The lowest BCUT2D eigenvalue weighted by molar-refractivity contribution is -0.0829. The third kappa shape index (κ3) is 3.18. The Hall–Kier alpha value is -0.770. The van der Waals surface area contributed by atoms with E-state index in [1.807, 2.05) is 27.7 Å². The van der Waals surface area contributed by atoms with Crippen LogP contribution in [-0.2, 0) is 9.47 Å². The summed E-state index contributed by atoms with van der Waals surface area (Å²) in [5.41, 5.74) is -0.256. The van der Waals surface area contributed by atoms with Crippen LogP contribution in [-0.4, -0.2) is 42.4 Å². The molecular weight excluding hydrogens is 182 g/mol. The fraction of sp³-hybridized carbons (Fsp3) is 0.900. The Labute approximate surface area is 85.2 Å². The quantitative estimate of drug-likeness (QED) is 0.647. The van der Waals surface area contributed by atoms with Gasteiger partial charge in [0.15, 0.2) is 0 Å². The van der Waals surface area contributed by atoms with E-state index in [0.29, 0.717) is 19.7 Å². The summed E-state index contributed by atoms with van der Waals surface area (Å²) in [7, 11) is 0. The molecule has 1 aliphatic heterocycles. The molecule has 1 aliphatic rings. The predicted molar refractivity (Wildman–Crippen MR) is 53.2 cm³/mol. The third-order valence-electron chi connectivity index (χ3n) is 2.02. The van der Waals surface area contributed by atoms with Crippen molar-refractivity contribution in [3.05, 3.63) is 0 Å². The number of rotatable bonds is 1. The molecule has 0 saturated carbocycles. The average Bonchev–Trinajstić information content (AvgIpc) is 2.01. The molecule has 0 aromatic carbocycles. The lowest BCUT2D eigenvalue weighted by Crippen LogP contribution is -2.51. The van der Waals surface area contributed by atoms with Crippen LogP contribution >= 0.6 is 0 Å². The van der Waals surface area contributed by atoms with Gasteiger partial charge in [0.1, 0.15) is 0 Å². The third-order valence-corrected chi connectivity index (χ3v) is 2.02. The molecular formula is C10H19NO3. The van der Waals surface area contributed by atoms with Crippen molar-refractivity contribution in [1.29, 1.82) is 0 Å². The molecule has 4 nitrogen and oxygen atoms in total. The van der Waals surface area contributed by atoms with Crippen LogP contribution in [0.25, 0.3) is 0 Å². The highest BCUT2D eigenvalue weighted by molar-refractivity contribution is 5.68. The van der Waals surface area contributed by atoms with Crippen molar-refractivity contribution in [2.45, 2.75) is 39.4 Å². The van der Waals surface area contributed by atoms with Crippen molar-refractivity contribution in [2.75, 3.05) is 19.7 Å². The van der Waals surface area contributed by atoms with Gasteiger partial charge in [-0.15, -0.1) is 0 Å². The minimum Gasteiger partial charge on any atom is -0.447 e. The fourth-order valence-corrected chi connectivity index (χ4v) is 1.45. The van der Waals surface area contributed by atoms with Crippen LogP contribution in [0.5, 0.6) is 0 Å². The standard InChI is InChI=1S/C10H19NO3/c1-8(2)14-9(12)11-5-6-13-10(3,4)7-11/h8H,5-7H2,1-4H3. The van der Waals surface area contributed by atoms with E-state index in [9.17, 15) is 4.79 Å². The zero-order valence-corrected chi connectivity index (χ0v) is 9.37. The molecule has 1 heterocycles. The van der Waals surface area contributed by atoms with E-state index < -0.39 is 0 Å². The van der Waals surface area contributed by atoms with E-state index in [4.69, 9.17) is 9.47 Å². The van der Waals surface area contributed by atoms with E-state index >= 15 is 0 Å². The van der Waals surface area contributed by atoms with Crippen molar-refractivity contribution in [2.24, 2.45) is 0 Å². The van der Waals surface area contributed by atoms with Crippen LogP contribution in [0.4, 0.5) is 4.79 Å². The Bertz CT molecular complexity index is 213. The summed E-state index contributed by atoms with van der Waals surface area (Å²) in [5.74, 6) is 0. The topological polar surface area (TPSA) is 38.8 Å². The van der Waals surface area contributed by atoms with E-state index in [0.717, 1.165) is 0 Å². The second kappa shape index (κ2) is 4.17. The predicted octanol–water partition coefficient (Wildman–Crippen LogP) is 1.64. The number of nitrogens with zero attached hydrogens (tertiary/aromatic N) is 1. The van der Waals surface area contributed by atoms with Gasteiger partial charge in [-0.25, -0.2) is 4.79 Å². The molecule has 14 heavy (non-hydrogen) atoms. The molecule has 0 spiro atoms. The van der Waals surface area contributed by atoms with Crippen LogP contribution in [0.15, 0.2) is 0 Å². The molecule has 0 bridgehead atoms. The lowest BCUT2D eigenvalue weighted by atomic mass is 10.1. The van der Waals surface area contributed by atoms with Gasteiger partial charge in [0.2, 0.25) is 0 Å². The van der Waals surface area contributed by atoms with Gasteiger partial charge in [-0.1, -0.05) is 0 Å². The van der Waals surface area contributed by atoms with E-state index in [-0.39, 0.29) is 17.8 Å². The molecule has 1 amide bonds. The van der Waals surface area contributed by atoms with Gasteiger partial charge in [-0.05, 0) is 27.7 Å². The molecule has 1 fully saturated rings. The summed E-state index contributed by atoms with van der Waals surface area (Å²) in [5, 5.41) is 0. The smallest absolute Gasteiger partial charge is 0.410 e. The molecule has 0 N–H and O–H groups in total. The SMILES string of the molecule is CC(C)OC(=O)N1CCOC(C)(C)C1. The first-order valence-corrected chi connectivity index (χ1v) is 5.00. The van der Waals surface area contributed by atoms with Gasteiger partial charge in [0.05, 0.1) is 24.9 Å². The van der Waals surface area contributed by atoms with Gasteiger partial charge >= 0.3 is 6.09 Å². The summed E-state index contributed by atoms with van der Waals surface area (Å²) in [4.78, 5) is 13.2. The molecule has 1 saturated heterocycles. The summed E-state index contributed by atoms with van der Waals surface area (Å²) in [6.45, 7) is 9.45. The maximum atomic E-state index is 11.5. The van der Waals surface area contributed by atoms with Crippen molar-refractivity contribution in [1.82, 2.24) is 4.90 Å². The first-order chi connectivity index (χ1) is 6.41. The highest BCUT2D eigenvalue weighted by Gasteiger charge is 2.30. The Kier molecular flexibility index (Phi) is 3.37. The monoisotopic (exact) mass is 201 g/mol. The zero-order valence-electron chi connectivity index (χ0n) is 9.37. The maximum absolute atomic E-state index is 11.5. The summed E-state index contributed by atoms with van der Waals surface area (Å²) >= 11 is 0. The van der Waals surface area contributed by atoms with Gasteiger partial charge < -0.3 is 14.4 Å². The second-order valence-electron chi connectivity index (χ2n) is 4.46. The van der Waals surface area contributed by atoms with E-state index in [2.05, 4.69) is 0 Å². The van der Waals surface area contributed by atoms with Gasteiger partial charge in [0, 0.05) is 6.54 Å². The largest absolute Gasteiger partial charge is 0.447 e. The number of ether oxygens (including phenoxy) is 2. The molecule has 0 radical (unpaired) electrons. The van der Waals surface area contributed by atoms with Crippen LogP contribution in [0.2, 0.25) is 0 Å². The van der Waals surface area contributed by atoms with Crippen LogP contribution in [0.1, 0.15) is 27.7 Å². The summed E-state index contributed by atoms with van der Waals surface area (Å²) < 4.78 is 10.6. The number of carbonyl (C=O) groups excluding carboxylic acids is 1. The Morgan fingerprint density at radius 2 is 2.14 bits per heavy atom. The highest BCUT2D eigenvalue weighted by Crippen LogP contribution is 2.17. The number of hydrogen-bond donors (Lipinski definition) is 0. The minimum absolute atomic E-state index is 0.0616. The van der Waals surface area contributed by atoms with Crippen molar-refractivity contribution in [3.63, 3.8) is 0 Å². The van der Waals surface area contributed by atoms with Gasteiger partial charge in [-0.3, -0.25) is 0 Å². The highest BCUT2D eigenvalue weighted by atomic mass is 16.6. The van der Waals surface area contributed by atoms with Gasteiger partial charge in [0.25, 0.3) is 0 Å². The van der Waals surface area contributed by atoms with Crippen LogP contribution in [0.3, 0.4) is 0 Å². The Morgan fingerprint density at radius 3 is 2.64 bits per heavy atom. The molecule has 4 heteroatoms. The van der Waals surface area contributed by atoms with Crippen LogP contribution in [0, 0.1) is 0 Å². The molecule has 0 unspecified atom stereocenters. The number of carbonyl (C=O) groups is 1. The molecule has 82 valence electrons. The van der Waals surface area contributed by atoms with Crippen LogP contribution < -0.4 is 0 Å². The number of morpholine rings is 1. The minimum atomic E-state index is -0.256. The second-order valence-corrected chi connectivity index (χ2v) is 4.46. The van der Waals surface area contributed by atoms with Gasteiger partial charge in [-0.2, -0.15) is 0 Å². The zero-order chi connectivity index (χ0) is 10.8. The summed E-state index contributed by atoms with van der Waals surface area (Å²) in [6, 6.07) is 0.